The average Bonchev–Trinajstić information content (AvgIpc) is 2.82. The van der Waals surface area contributed by atoms with Crippen LogP contribution in [0.25, 0.3) is 11.1 Å². The van der Waals surface area contributed by atoms with Gasteiger partial charge < -0.3 is 24.8 Å². The third kappa shape index (κ3) is 4.55. The Labute approximate surface area is 165 Å². The first-order valence-corrected chi connectivity index (χ1v) is 14.4. The van der Waals surface area contributed by atoms with Crippen LogP contribution < -0.4 is 32.5 Å². The Morgan fingerprint density at radius 3 is 2.17 bits per heavy atom. The second kappa shape index (κ2) is 8.53. The Morgan fingerprint density at radius 1 is 0.917 bits per heavy atom. The van der Waals surface area contributed by atoms with Crippen molar-refractivity contribution >= 4 is 10.1 Å². The van der Waals surface area contributed by atoms with E-state index in [1.165, 1.54) is 16.7 Å². The van der Waals surface area contributed by atoms with Crippen LogP contribution in [0.2, 0.25) is 13.1 Å². The molecule has 24 heavy (non-hydrogen) atoms. The molecule has 3 rings (SSSR count). The molecule has 0 unspecified atom stereocenters. The van der Waals surface area contributed by atoms with Crippen molar-refractivity contribution in [2.45, 2.75) is 45.8 Å². The van der Waals surface area contributed by atoms with Crippen molar-refractivity contribution in [3.63, 3.8) is 0 Å². The van der Waals surface area contributed by atoms with Crippen molar-refractivity contribution < 1.29 is 41.7 Å². The predicted octanol–water partition coefficient (Wildman–Crippen LogP) is -1.94. The summed E-state index contributed by atoms with van der Waals surface area (Å²) < 4.78 is 5.72. The Hall–Kier alpha value is -0.0888. The SMILES string of the molecule is C[Si](C)=[Ti+2]([NH]C(C)(C)C)[c]1cccc2c1Cc1ccccc1-2.[Cl-].[Cl-]. The van der Waals surface area contributed by atoms with Gasteiger partial charge in [0.25, 0.3) is 0 Å². The van der Waals surface area contributed by atoms with E-state index in [9.17, 15) is 0 Å². The van der Waals surface area contributed by atoms with Crippen molar-refractivity contribution in [3.8, 4) is 11.1 Å². The molecule has 5 heteroatoms. The molecule has 0 bridgehead atoms. The van der Waals surface area contributed by atoms with E-state index in [4.69, 9.17) is 0 Å². The van der Waals surface area contributed by atoms with Gasteiger partial charge in [-0.15, -0.1) is 0 Å². The van der Waals surface area contributed by atoms with Crippen LogP contribution in [0.3, 0.4) is 0 Å². The van der Waals surface area contributed by atoms with E-state index in [0.29, 0.717) is 0 Å². The van der Waals surface area contributed by atoms with Gasteiger partial charge in [-0.25, -0.2) is 0 Å². The van der Waals surface area contributed by atoms with E-state index in [-0.39, 0.29) is 36.5 Å². The van der Waals surface area contributed by atoms with Gasteiger partial charge in [0.1, 0.15) is 0 Å². The first-order chi connectivity index (χ1) is 10.4. The first kappa shape index (κ1) is 22.0. The van der Waals surface area contributed by atoms with Gasteiger partial charge in [0.2, 0.25) is 0 Å². The molecule has 0 fully saturated rings. The van der Waals surface area contributed by atoms with Crippen molar-refractivity contribution in [3.05, 3.63) is 53.6 Å². The molecule has 128 valence electrons. The Balaban J connectivity index is 0.00000144. The second-order valence-electron chi connectivity index (χ2n) is 7.42. The summed E-state index contributed by atoms with van der Waals surface area (Å²) in [5.41, 5.74) is 6.26. The van der Waals surface area contributed by atoms with Gasteiger partial charge in [-0.1, -0.05) is 0 Å². The summed E-state index contributed by atoms with van der Waals surface area (Å²) in [6.45, 7) is 11.9. The maximum atomic E-state index is 4.04. The van der Waals surface area contributed by atoms with E-state index in [1.54, 1.807) is 9.43 Å². The molecule has 1 aliphatic rings. The molecular weight excluding hydrogens is 389 g/mol. The monoisotopic (exact) mass is 413 g/mol. The number of nitrogens with one attached hydrogen (secondary N) is 1. The van der Waals surface area contributed by atoms with Crippen LogP contribution in [0.15, 0.2) is 42.5 Å². The summed E-state index contributed by atoms with van der Waals surface area (Å²) in [4.78, 5) is 0. The van der Waals surface area contributed by atoms with E-state index in [2.05, 4.69) is 80.1 Å². The van der Waals surface area contributed by atoms with Gasteiger partial charge in [-0.3, -0.25) is 0 Å². The Bertz CT molecular complexity index is 762. The Morgan fingerprint density at radius 2 is 1.54 bits per heavy atom. The van der Waals surface area contributed by atoms with Gasteiger partial charge in [0, 0.05) is 0 Å². The third-order valence-corrected chi connectivity index (χ3v) is 14.6. The van der Waals surface area contributed by atoms with Crippen LogP contribution in [0, 0.1) is 0 Å². The molecule has 0 atom stereocenters. The largest absolute Gasteiger partial charge is 1.00 e. The number of fused-ring (bicyclic) bond motifs is 3. The average molecular weight is 414 g/mol. The summed E-state index contributed by atoms with van der Waals surface area (Å²) in [6, 6.07) is 15.9. The van der Waals surface area contributed by atoms with Gasteiger partial charge in [-0.05, 0) is 0 Å². The minimum absolute atomic E-state index is 0. The minimum Gasteiger partial charge on any atom is -1.00 e. The van der Waals surface area contributed by atoms with Crippen LogP contribution in [-0.2, 0) is 23.3 Å². The van der Waals surface area contributed by atoms with Crippen LogP contribution in [0.4, 0.5) is 0 Å². The molecule has 2 aromatic rings. The summed E-state index contributed by atoms with van der Waals surface area (Å²) in [5.74, 6) is 0. The third-order valence-electron chi connectivity index (χ3n) is 4.12. The zero-order valence-electron chi connectivity index (χ0n) is 15.0. The molecule has 0 radical (unpaired) electrons. The molecule has 0 saturated carbocycles. The summed E-state index contributed by atoms with van der Waals surface area (Å²) >= 11 is -1.44. The fourth-order valence-corrected chi connectivity index (χ4v) is 12.8. The maximum Gasteiger partial charge on any atom is -1.00 e. The van der Waals surface area contributed by atoms with Crippen LogP contribution >= 0.6 is 0 Å². The van der Waals surface area contributed by atoms with Crippen molar-refractivity contribution in [1.82, 2.24) is 3.80 Å². The zero-order chi connectivity index (χ0) is 15.9. The minimum atomic E-state index is -1.44. The molecule has 1 N–H and O–H groups in total. The molecular formula is C19H25Cl2NSiTi. The van der Waals surface area contributed by atoms with Gasteiger partial charge >= 0.3 is 141 Å². The summed E-state index contributed by atoms with van der Waals surface area (Å²) in [7, 11) is 0. The standard InChI is InChI=1S/C13H9.C4H10N.C2H6Si.2ClH.Ti/c1-3-7-12-10(5-1)9-11-6-2-4-8-13(11)12;1-4(2,3)5;1-3-2;;;/h1-5,7-8H,9H2;5H,1-3H3;1-2H3;2*1H;/q;-1;;;;+3/p-2. The molecule has 1 nitrogen and oxygen atoms in total. The zero-order valence-corrected chi connectivity index (χ0v) is 19.1. The van der Waals surface area contributed by atoms with Gasteiger partial charge in [0.15, 0.2) is 0 Å². The normalized spacial score (nSPS) is 11.3. The van der Waals surface area contributed by atoms with Crippen LogP contribution in [-0.4, -0.2) is 11.7 Å². The Kier molecular flexibility index (Phi) is 7.80. The molecule has 0 amide bonds. The fraction of sp³-hybridized carbons (Fsp3) is 0.368. The van der Waals surface area contributed by atoms with E-state index in [1.807, 2.05) is 0 Å². The number of hydrogen-bond acceptors (Lipinski definition) is 1. The smallest absolute Gasteiger partial charge is 1.00 e. The van der Waals surface area contributed by atoms with Crippen molar-refractivity contribution in [2.24, 2.45) is 0 Å². The van der Waals surface area contributed by atoms with E-state index < -0.39 is 16.9 Å². The van der Waals surface area contributed by atoms with E-state index in [0.717, 1.165) is 6.42 Å². The topological polar surface area (TPSA) is 12.0 Å². The van der Waals surface area contributed by atoms with Gasteiger partial charge in [0.05, 0.1) is 0 Å². The maximum absolute atomic E-state index is 4.04. The number of hydrogen-bond donors (Lipinski definition) is 1. The molecule has 0 aromatic heterocycles. The number of benzene rings is 2. The van der Waals surface area contributed by atoms with Gasteiger partial charge in [-0.2, -0.15) is 0 Å². The number of halogens is 2. The first-order valence-electron chi connectivity index (χ1n) is 8.03. The molecule has 0 heterocycles. The second-order valence-corrected chi connectivity index (χ2v) is 18.6. The number of rotatable bonds is 2. The van der Waals surface area contributed by atoms with Crippen LogP contribution in [0.5, 0.6) is 0 Å². The van der Waals surface area contributed by atoms with Crippen molar-refractivity contribution in [1.29, 1.82) is 0 Å². The molecule has 0 saturated heterocycles. The molecule has 0 spiro atoms. The quantitative estimate of drug-likeness (QED) is 0.482. The molecule has 2 aromatic carbocycles. The predicted molar refractivity (Wildman–Crippen MR) is 94.7 cm³/mol. The van der Waals surface area contributed by atoms with Crippen LogP contribution in [0.1, 0.15) is 31.9 Å². The van der Waals surface area contributed by atoms with E-state index >= 15 is 0 Å². The molecule has 0 aliphatic heterocycles. The molecule has 1 aliphatic carbocycles. The summed E-state index contributed by atoms with van der Waals surface area (Å²) in [5, 5.41) is 0. The van der Waals surface area contributed by atoms with Crippen molar-refractivity contribution in [2.75, 3.05) is 0 Å². The summed E-state index contributed by atoms with van der Waals surface area (Å²) in [6.07, 6.45) is 0.814. The fourth-order valence-electron chi connectivity index (χ4n) is 3.23.